The largest absolute Gasteiger partial charge is 0.481 e. The molecule has 4 atom stereocenters. The van der Waals surface area contributed by atoms with Gasteiger partial charge in [-0.25, -0.2) is 13.2 Å². The third kappa shape index (κ3) is 4.59. The zero-order valence-corrected chi connectivity index (χ0v) is 14.5. The zero-order valence-electron chi connectivity index (χ0n) is 13.7. The Balaban J connectivity index is 2.03. The maximum Gasteiger partial charge on any atom is 0.317 e. The van der Waals surface area contributed by atoms with Gasteiger partial charge in [0.1, 0.15) is 0 Å². The summed E-state index contributed by atoms with van der Waals surface area (Å²) in [5.41, 5.74) is 0. The second kappa shape index (κ2) is 7.07. The molecule has 1 aliphatic carbocycles. The van der Waals surface area contributed by atoms with Crippen molar-refractivity contribution in [3.05, 3.63) is 0 Å². The van der Waals surface area contributed by atoms with Gasteiger partial charge in [0.25, 0.3) is 0 Å². The number of likely N-dealkylation sites (tertiary alicyclic amines) is 1. The Morgan fingerprint density at radius 1 is 1.17 bits per heavy atom. The number of hydrogen-bond donors (Lipinski definition) is 2. The van der Waals surface area contributed by atoms with Crippen LogP contribution in [0, 0.1) is 11.8 Å². The van der Waals surface area contributed by atoms with Crippen molar-refractivity contribution < 1.29 is 23.1 Å². The first-order chi connectivity index (χ1) is 10.7. The number of hydrogen-bond acceptors (Lipinski definition) is 4. The van der Waals surface area contributed by atoms with Crippen LogP contribution in [0.3, 0.4) is 0 Å². The molecular weight excluding hydrogens is 320 g/mol. The van der Waals surface area contributed by atoms with Crippen LogP contribution >= 0.6 is 0 Å². The molecule has 132 valence electrons. The second-order valence-electron chi connectivity index (χ2n) is 6.99. The molecule has 7 nitrogen and oxygen atoms in total. The van der Waals surface area contributed by atoms with E-state index >= 15 is 0 Å². The predicted molar refractivity (Wildman–Crippen MR) is 85.9 cm³/mol. The maximum absolute atomic E-state index is 12.5. The Kier molecular flexibility index (Phi) is 5.54. The van der Waals surface area contributed by atoms with Gasteiger partial charge >= 0.3 is 12.0 Å². The lowest BCUT2D eigenvalue weighted by Crippen LogP contribution is -2.55. The highest BCUT2D eigenvalue weighted by Gasteiger charge is 2.36. The van der Waals surface area contributed by atoms with E-state index in [0.717, 1.165) is 12.8 Å². The highest BCUT2D eigenvalue weighted by molar-refractivity contribution is 7.91. The molecule has 2 unspecified atom stereocenters. The number of rotatable bonds is 3. The number of carbonyl (C=O) groups is 2. The van der Waals surface area contributed by atoms with Crippen molar-refractivity contribution in [3.63, 3.8) is 0 Å². The van der Waals surface area contributed by atoms with Crippen LogP contribution in [-0.4, -0.2) is 61.1 Å². The van der Waals surface area contributed by atoms with Gasteiger partial charge < -0.3 is 15.3 Å². The Morgan fingerprint density at radius 2 is 1.83 bits per heavy atom. The van der Waals surface area contributed by atoms with E-state index in [2.05, 4.69) is 5.32 Å². The van der Waals surface area contributed by atoms with Gasteiger partial charge in [-0.05, 0) is 25.2 Å². The summed E-state index contributed by atoms with van der Waals surface area (Å²) < 4.78 is 23.8. The molecule has 1 saturated carbocycles. The molecular formula is C15H26N2O5S. The molecule has 0 radical (unpaired) electrons. The van der Waals surface area contributed by atoms with Crippen molar-refractivity contribution in [1.82, 2.24) is 10.2 Å². The molecule has 0 aromatic rings. The molecule has 2 rings (SSSR count). The Bertz CT molecular complexity index is 562. The van der Waals surface area contributed by atoms with E-state index in [-0.39, 0.29) is 24.5 Å². The van der Waals surface area contributed by atoms with Crippen LogP contribution in [0.15, 0.2) is 0 Å². The van der Waals surface area contributed by atoms with Crippen LogP contribution in [0.5, 0.6) is 0 Å². The fraction of sp³-hybridized carbons (Fsp3) is 0.867. The summed E-state index contributed by atoms with van der Waals surface area (Å²) in [4.78, 5) is 25.2. The fourth-order valence-corrected chi connectivity index (χ4v) is 5.12. The second-order valence-corrected chi connectivity index (χ2v) is 9.25. The standard InChI is InChI=1S/C15H26N2O5S/c1-10-7-11(14(18)19)9-17(8-10)15(20)16-12-5-3-4-6-13(12)23(2,21)22/h10-13H,3-9H2,1-2H3,(H,16,20)(H,18,19)/t10?,11?,12-,13-/m1/s1. The van der Waals surface area contributed by atoms with Gasteiger partial charge in [0, 0.05) is 25.4 Å². The number of carboxylic acid groups (broad SMARTS) is 1. The number of carboxylic acids is 1. The van der Waals surface area contributed by atoms with E-state index in [1.54, 1.807) is 0 Å². The molecule has 0 bridgehead atoms. The number of urea groups is 1. The molecule has 2 aliphatic rings. The van der Waals surface area contributed by atoms with E-state index in [1.807, 2.05) is 6.92 Å². The van der Waals surface area contributed by atoms with Crippen molar-refractivity contribution in [1.29, 1.82) is 0 Å². The molecule has 0 aromatic heterocycles. The van der Waals surface area contributed by atoms with Gasteiger partial charge in [-0.1, -0.05) is 19.8 Å². The summed E-state index contributed by atoms with van der Waals surface area (Å²) in [6.07, 6.45) is 4.74. The number of carbonyl (C=O) groups excluding carboxylic acids is 1. The first kappa shape index (κ1) is 18.0. The summed E-state index contributed by atoms with van der Waals surface area (Å²) in [6.45, 7) is 2.61. The quantitative estimate of drug-likeness (QED) is 0.796. The summed E-state index contributed by atoms with van der Waals surface area (Å²) >= 11 is 0. The highest BCUT2D eigenvalue weighted by atomic mass is 32.2. The topological polar surface area (TPSA) is 104 Å². The normalized spacial score (nSPS) is 32.3. The number of nitrogens with one attached hydrogen (secondary N) is 1. The SMILES string of the molecule is CC1CC(C(=O)O)CN(C(=O)N[C@@H]2CCCC[C@H]2S(C)(=O)=O)C1. The lowest BCUT2D eigenvalue weighted by Gasteiger charge is -2.37. The lowest BCUT2D eigenvalue weighted by molar-refractivity contribution is -0.143. The van der Waals surface area contributed by atoms with Crippen molar-refractivity contribution in [2.45, 2.75) is 50.3 Å². The number of sulfone groups is 1. The Hall–Kier alpha value is -1.31. The van der Waals surface area contributed by atoms with Crippen LogP contribution in [0.4, 0.5) is 4.79 Å². The lowest BCUT2D eigenvalue weighted by atomic mass is 9.90. The third-order valence-corrected chi connectivity index (χ3v) is 6.52. The monoisotopic (exact) mass is 346 g/mol. The molecule has 1 heterocycles. The van der Waals surface area contributed by atoms with Gasteiger partial charge in [0.2, 0.25) is 0 Å². The smallest absolute Gasteiger partial charge is 0.317 e. The van der Waals surface area contributed by atoms with Crippen molar-refractivity contribution >= 4 is 21.8 Å². The molecule has 2 N–H and O–H groups in total. The predicted octanol–water partition coefficient (Wildman–Crippen LogP) is 1.09. The molecule has 1 aliphatic heterocycles. The number of nitrogens with zero attached hydrogens (tertiary/aromatic N) is 1. The van der Waals surface area contributed by atoms with E-state index in [0.29, 0.717) is 25.8 Å². The van der Waals surface area contributed by atoms with Crippen LogP contribution in [0.25, 0.3) is 0 Å². The molecule has 0 spiro atoms. The molecule has 23 heavy (non-hydrogen) atoms. The average molecular weight is 346 g/mol. The van der Waals surface area contributed by atoms with Crippen LogP contribution in [-0.2, 0) is 14.6 Å². The first-order valence-corrected chi connectivity index (χ1v) is 10.1. The summed E-state index contributed by atoms with van der Waals surface area (Å²) in [5, 5.41) is 11.5. The van der Waals surface area contributed by atoms with Gasteiger partial charge in [-0.3, -0.25) is 4.79 Å². The molecule has 2 amide bonds. The highest BCUT2D eigenvalue weighted by Crippen LogP contribution is 2.25. The van der Waals surface area contributed by atoms with E-state index in [1.165, 1.54) is 11.2 Å². The third-order valence-electron chi connectivity index (χ3n) is 4.86. The first-order valence-electron chi connectivity index (χ1n) is 8.15. The van der Waals surface area contributed by atoms with Crippen molar-refractivity contribution in [3.8, 4) is 0 Å². The van der Waals surface area contributed by atoms with Crippen molar-refractivity contribution in [2.75, 3.05) is 19.3 Å². The number of aliphatic carboxylic acids is 1. The zero-order chi connectivity index (χ0) is 17.2. The maximum atomic E-state index is 12.5. The van der Waals surface area contributed by atoms with E-state index in [4.69, 9.17) is 0 Å². The van der Waals surface area contributed by atoms with Crippen molar-refractivity contribution in [2.24, 2.45) is 11.8 Å². The van der Waals surface area contributed by atoms with Crippen LogP contribution < -0.4 is 5.32 Å². The minimum Gasteiger partial charge on any atom is -0.481 e. The minimum atomic E-state index is -3.21. The summed E-state index contributed by atoms with van der Waals surface area (Å²) in [7, 11) is -3.21. The fourth-order valence-electron chi connectivity index (χ4n) is 3.72. The van der Waals surface area contributed by atoms with Crippen LogP contribution in [0.2, 0.25) is 0 Å². The number of amides is 2. The number of piperidine rings is 1. The summed E-state index contributed by atoms with van der Waals surface area (Å²) in [5.74, 6) is -1.32. The van der Waals surface area contributed by atoms with E-state index < -0.39 is 27.0 Å². The van der Waals surface area contributed by atoms with Gasteiger partial charge in [0.05, 0.1) is 11.2 Å². The molecule has 8 heteroatoms. The summed E-state index contributed by atoms with van der Waals surface area (Å²) in [6, 6.07) is -0.727. The van der Waals surface area contributed by atoms with Gasteiger partial charge in [-0.2, -0.15) is 0 Å². The Morgan fingerprint density at radius 3 is 2.43 bits per heavy atom. The minimum absolute atomic E-state index is 0.118. The van der Waals surface area contributed by atoms with Crippen LogP contribution in [0.1, 0.15) is 39.0 Å². The van der Waals surface area contributed by atoms with Gasteiger partial charge in [0.15, 0.2) is 9.84 Å². The average Bonchev–Trinajstić information content (AvgIpc) is 2.46. The molecule has 2 fully saturated rings. The molecule has 1 saturated heterocycles. The Labute approximate surface area is 137 Å². The van der Waals surface area contributed by atoms with E-state index in [9.17, 15) is 23.1 Å². The van der Waals surface area contributed by atoms with Gasteiger partial charge in [-0.15, -0.1) is 0 Å². The molecule has 0 aromatic carbocycles.